The van der Waals surface area contributed by atoms with Crippen LogP contribution in [0.5, 0.6) is 0 Å². The summed E-state index contributed by atoms with van der Waals surface area (Å²) in [5.41, 5.74) is 3.75. The van der Waals surface area contributed by atoms with E-state index < -0.39 is 0 Å². The zero-order valence-electron chi connectivity index (χ0n) is 13.9. The first-order valence-corrected chi connectivity index (χ1v) is 8.54. The lowest BCUT2D eigenvalue weighted by Crippen LogP contribution is -2.13. The molecule has 0 fully saturated rings. The zero-order chi connectivity index (χ0) is 18.0. The molecule has 128 valence electrons. The van der Waals surface area contributed by atoms with Crippen LogP contribution in [0.3, 0.4) is 0 Å². The molecule has 1 heterocycles. The number of amides is 1. The molecule has 0 atom stereocenters. The Balaban J connectivity index is 1.70. The molecule has 1 N–H and O–H groups in total. The van der Waals surface area contributed by atoms with Crippen molar-refractivity contribution in [2.24, 2.45) is 0 Å². The van der Waals surface area contributed by atoms with Gasteiger partial charge in [-0.1, -0.05) is 35.3 Å². The summed E-state index contributed by atoms with van der Waals surface area (Å²) in [6.07, 6.45) is 1.79. The summed E-state index contributed by atoms with van der Waals surface area (Å²) in [7, 11) is 0. The van der Waals surface area contributed by atoms with Crippen LogP contribution in [-0.2, 0) is 6.54 Å². The molecule has 0 aliphatic carbocycles. The Morgan fingerprint density at radius 3 is 2.60 bits per heavy atom. The van der Waals surface area contributed by atoms with Gasteiger partial charge in [0.15, 0.2) is 5.82 Å². The summed E-state index contributed by atoms with van der Waals surface area (Å²) >= 11 is 12.1. The molecular weight excluding hydrogens is 357 g/mol. The van der Waals surface area contributed by atoms with E-state index in [2.05, 4.69) is 10.4 Å². The normalized spacial score (nSPS) is 10.7. The van der Waals surface area contributed by atoms with Gasteiger partial charge in [-0.3, -0.25) is 9.48 Å². The first-order valence-electron chi connectivity index (χ1n) is 7.78. The summed E-state index contributed by atoms with van der Waals surface area (Å²) in [5, 5.41) is 8.36. The van der Waals surface area contributed by atoms with Crippen LogP contribution < -0.4 is 5.32 Å². The number of hydrogen-bond acceptors (Lipinski definition) is 2. The number of aryl methyl sites for hydroxylation is 2. The average molecular weight is 374 g/mol. The molecule has 0 aliphatic heterocycles. The molecular formula is C19H17Cl2N3O. The molecule has 3 aromatic rings. The SMILES string of the molecule is Cc1ccc(C(=O)Nc2ccn(Cc3ccc(Cl)cc3Cl)n2)cc1C. The highest BCUT2D eigenvalue weighted by molar-refractivity contribution is 6.35. The molecule has 25 heavy (non-hydrogen) atoms. The van der Waals surface area contributed by atoms with Crippen molar-refractivity contribution in [1.82, 2.24) is 9.78 Å². The third kappa shape index (κ3) is 4.21. The molecule has 1 aromatic heterocycles. The number of rotatable bonds is 4. The summed E-state index contributed by atoms with van der Waals surface area (Å²) in [6.45, 7) is 4.49. The molecule has 3 rings (SSSR count). The molecule has 1 amide bonds. The molecule has 0 saturated carbocycles. The molecule has 0 radical (unpaired) electrons. The van der Waals surface area contributed by atoms with Crippen molar-refractivity contribution in [3.05, 3.63) is 81.0 Å². The number of hydrogen-bond donors (Lipinski definition) is 1. The Hall–Kier alpha value is -2.30. The molecule has 0 bridgehead atoms. The highest BCUT2D eigenvalue weighted by atomic mass is 35.5. The van der Waals surface area contributed by atoms with E-state index in [0.29, 0.717) is 28.0 Å². The Morgan fingerprint density at radius 2 is 1.88 bits per heavy atom. The Kier molecular flexibility index (Phi) is 5.11. The average Bonchev–Trinajstić information content (AvgIpc) is 3.00. The van der Waals surface area contributed by atoms with Crippen molar-refractivity contribution >= 4 is 34.9 Å². The van der Waals surface area contributed by atoms with Gasteiger partial charge in [-0.15, -0.1) is 0 Å². The van der Waals surface area contributed by atoms with E-state index >= 15 is 0 Å². The second kappa shape index (κ2) is 7.30. The second-order valence-electron chi connectivity index (χ2n) is 5.89. The highest BCUT2D eigenvalue weighted by Crippen LogP contribution is 2.22. The van der Waals surface area contributed by atoms with Crippen molar-refractivity contribution < 1.29 is 4.79 Å². The topological polar surface area (TPSA) is 46.9 Å². The molecule has 0 unspecified atom stereocenters. The first kappa shape index (κ1) is 17.5. The standard InChI is InChI=1S/C19H17Cl2N3O/c1-12-3-4-14(9-13(12)2)19(25)22-18-7-8-24(23-18)11-15-5-6-16(20)10-17(15)21/h3-10H,11H2,1-2H3,(H,22,23,25). The number of nitrogens with one attached hydrogen (secondary N) is 1. The quantitative estimate of drug-likeness (QED) is 0.690. The van der Waals surface area contributed by atoms with E-state index in [9.17, 15) is 4.79 Å². The van der Waals surface area contributed by atoms with E-state index in [1.54, 1.807) is 29.1 Å². The molecule has 0 aliphatic rings. The van der Waals surface area contributed by atoms with E-state index in [4.69, 9.17) is 23.2 Å². The highest BCUT2D eigenvalue weighted by Gasteiger charge is 2.10. The van der Waals surface area contributed by atoms with Crippen LogP contribution in [0.15, 0.2) is 48.7 Å². The largest absolute Gasteiger partial charge is 0.305 e. The Labute approximate surface area is 156 Å². The Bertz CT molecular complexity index is 934. The predicted molar refractivity (Wildman–Crippen MR) is 102 cm³/mol. The van der Waals surface area contributed by atoms with Crippen LogP contribution in [-0.4, -0.2) is 15.7 Å². The van der Waals surface area contributed by atoms with Crippen LogP contribution in [0.1, 0.15) is 27.0 Å². The molecule has 4 nitrogen and oxygen atoms in total. The molecule has 0 spiro atoms. The second-order valence-corrected chi connectivity index (χ2v) is 6.73. The van der Waals surface area contributed by atoms with Gasteiger partial charge in [0.25, 0.3) is 5.91 Å². The number of aromatic nitrogens is 2. The number of carbonyl (C=O) groups excluding carboxylic acids is 1. The number of anilines is 1. The van der Waals surface area contributed by atoms with Crippen LogP contribution in [0, 0.1) is 13.8 Å². The van der Waals surface area contributed by atoms with E-state index in [1.807, 2.05) is 38.1 Å². The third-order valence-electron chi connectivity index (χ3n) is 4.00. The monoisotopic (exact) mass is 373 g/mol. The number of nitrogens with zero attached hydrogens (tertiary/aromatic N) is 2. The van der Waals surface area contributed by atoms with Crippen molar-refractivity contribution in [3.63, 3.8) is 0 Å². The van der Waals surface area contributed by atoms with Gasteiger partial charge in [0, 0.05) is 27.9 Å². The van der Waals surface area contributed by atoms with Crippen molar-refractivity contribution in [2.75, 3.05) is 5.32 Å². The van der Waals surface area contributed by atoms with E-state index in [1.165, 1.54) is 0 Å². The number of benzene rings is 2. The van der Waals surface area contributed by atoms with E-state index in [-0.39, 0.29) is 5.91 Å². The van der Waals surface area contributed by atoms with Gasteiger partial charge < -0.3 is 5.32 Å². The number of halogens is 2. The van der Waals surface area contributed by atoms with Gasteiger partial charge in [-0.2, -0.15) is 5.10 Å². The molecule has 6 heteroatoms. The van der Waals surface area contributed by atoms with Crippen LogP contribution in [0.4, 0.5) is 5.82 Å². The maximum Gasteiger partial charge on any atom is 0.256 e. The maximum atomic E-state index is 12.3. The summed E-state index contributed by atoms with van der Waals surface area (Å²) in [6, 6.07) is 12.7. The summed E-state index contributed by atoms with van der Waals surface area (Å²) < 4.78 is 1.71. The minimum absolute atomic E-state index is 0.183. The van der Waals surface area contributed by atoms with E-state index in [0.717, 1.165) is 16.7 Å². The lowest BCUT2D eigenvalue weighted by atomic mass is 10.1. The summed E-state index contributed by atoms with van der Waals surface area (Å²) in [4.78, 5) is 12.3. The predicted octanol–water partition coefficient (Wildman–Crippen LogP) is 5.11. The van der Waals surface area contributed by atoms with Gasteiger partial charge in [0.05, 0.1) is 6.54 Å². The lowest BCUT2D eigenvalue weighted by molar-refractivity contribution is 0.102. The van der Waals surface area contributed by atoms with Crippen molar-refractivity contribution in [3.8, 4) is 0 Å². The fraction of sp³-hybridized carbons (Fsp3) is 0.158. The van der Waals surface area contributed by atoms with Gasteiger partial charge in [-0.05, 0) is 54.8 Å². The van der Waals surface area contributed by atoms with Gasteiger partial charge in [0.2, 0.25) is 0 Å². The summed E-state index contributed by atoms with van der Waals surface area (Å²) in [5.74, 6) is 0.311. The van der Waals surface area contributed by atoms with Crippen LogP contribution in [0.25, 0.3) is 0 Å². The van der Waals surface area contributed by atoms with Crippen molar-refractivity contribution in [1.29, 1.82) is 0 Å². The third-order valence-corrected chi connectivity index (χ3v) is 4.59. The Morgan fingerprint density at radius 1 is 1.08 bits per heavy atom. The molecule has 2 aromatic carbocycles. The van der Waals surface area contributed by atoms with Gasteiger partial charge >= 0.3 is 0 Å². The van der Waals surface area contributed by atoms with Crippen LogP contribution in [0.2, 0.25) is 10.0 Å². The number of carbonyl (C=O) groups is 1. The first-order chi connectivity index (χ1) is 11.9. The maximum absolute atomic E-state index is 12.3. The van der Waals surface area contributed by atoms with Gasteiger partial charge in [-0.25, -0.2) is 0 Å². The van der Waals surface area contributed by atoms with Crippen LogP contribution >= 0.6 is 23.2 Å². The van der Waals surface area contributed by atoms with Crippen molar-refractivity contribution in [2.45, 2.75) is 20.4 Å². The fourth-order valence-corrected chi connectivity index (χ4v) is 2.88. The minimum Gasteiger partial charge on any atom is -0.305 e. The smallest absolute Gasteiger partial charge is 0.256 e. The van der Waals surface area contributed by atoms with Gasteiger partial charge in [0.1, 0.15) is 0 Å². The molecule has 0 saturated heterocycles. The lowest BCUT2D eigenvalue weighted by Gasteiger charge is -2.06. The fourth-order valence-electron chi connectivity index (χ4n) is 2.41. The zero-order valence-corrected chi connectivity index (χ0v) is 15.4. The minimum atomic E-state index is -0.183.